The van der Waals surface area contributed by atoms with Crippen LogP contribution in [0.4, 0.5) is 4.39 Å². The molecule has 0 radical (unpaired) electrons. The van der Waals surface area contributed by atoms with E-state index >= 15 is 0 Å². The lowest BCUT2D eigenvalue weighted by molar-refractivity contribution is -0.00456. The predicted molar refractivity (Wildman–Crippen MR) is 135 cm³/mol. The number of carbonyl (C=O) groups is 2. The number of ether oxygens (including phenoxy) is 1. The molecule has 36 heavy (non-hydrogen) atoms. The number of ketones is 1. The second-order valence-electron chi connectivity index (χ2n) is 9.16. The lowest BCUT2D eigenvalue weighted by Crippen LogP contribution is -2.45. The van der Waals surface area contributed by atoms with E-state index in [2.05, 4.69) is 5.32 Å². The van der Waals surface area contributed by atoms with Crippen molar-refractivity contribution in [2.24, 2.45) is 5.10 Å². The number of hydrogen-bond acceptors (Lipinski definition) is 6. The van der Waals surface area contributed by atoms with Crippen molar-refractivity contribution in [1.29, 1.82) is 0 Å². The van der Waals surface area contributed by atoms with Crippen molar-refractivity contribution < 1.29 is 18.7 Å². The number of fused-ring (bicyclic) bond motifs is 3. The van der Waals surface area contributed by atoms with Crippen LogP contribution in [0.25, 0.3) is 0 Å². The smallest absolute Gasteiger partial charge is 0.251 e. The number of likely N-dealkylation sites (N-methyl/N-ethyl adjacent to an activating group) is 1. The number of hydrogen-bond donors (Lipinski definition) is 1. The molecule has 2 heterocycles. The van der Waals surface area contributed by atoms with E-state index in [0.717, 1.165) is 23.4 Å². The Kier molecular flexibility index (Phi) is 6.52. The van der Waals surface area contributed by atoms with Crippen LogP contribution in [0.1, 0.15) is 44.3 Å². The first-order valence-electron chi connectivity index (χ1n) is 11.9. The minimum absolute atomic E-state index is 0.124. The monoisotopic (exact) mass is 486 g/mol. The molecule has 0 aromatic heterocycles. The van der Waals surface area contributed by atoms with Crippen LogP contribution in [-0.4, -0.2) is 60.7 Å². The normalized spacial score (nSPS) is 18.2. The Balaban J connectivity index is 1.39. The van der Waals surface area contributed by atoms with Gasteiger partial charge in [0.05, 0.1) is 11.8 Å². The fraction of sp³-hybridized carbons (Fsp3) is 0.250. The van der Waals surface area contributed by atoms with Crippen LogP contribution >= 0.6 is 0 Å². The number of hydrazone groups is 1. The third kappa shape index (κ3) is 4.72. The van der Waals surface area contributed by atoms with Crippen LogP contribution in [0.2, 0.25) is 0 Å². The summed E-state index contributed by atoms with van der Waals surface area (Å²) in [6.07, 6.45) is -0.378. The molecule has 0 bridgehead atoms. The first-order chi connectivity index (χ1) is 17.4. The van der Waals surface area contributed by atoms with Gasteiger partial charge in [-0.25, -0.2) is 9.40 Å². The van der Waals surface area contributed by atoms with Crippen LogP contribution in [0.5, 0.6) is 5.75 Å². The molecule has 0 fully saturated rings. The average molecular weight is 487 g/mol. The van der Waals surface area contributed by atoms with E-state index in [1.54, 1.807) is 17.1 Å². The molecule has 1 N–H and O–H groups in total. The highest BCUT2D eigenvalue weighted by Crippen LogP contribution is 2.43. The van der Waals surface area contributed by atoms with Gasteiger partial charge in [-0.05, 0) is 62.1 Å². The zero-order chi connectivity index (χ0) is 25.2. The standard InChI is InChI=1S/C28H27FN4O3/c1-32(2)16-15-30-27(35)20-9-7-18(8-10-20)23-17-24-22-5-3-4-6-25(22)36-28(33(24)31-23)26(34)19-11-13-21(29)14-12-19/h3-14,24,28H,15-17H2,1-2H3,(H,30,35). The highest BCUT2D eigenvalue weighted by atomic mass is 19.1. The van der Waals surface area contributed by atoms with Crippen LogP contribution < -0.4 is 10.1 Å². The van der Waals surface area contributed by atoms with E-state index in [1.807, 2.05) is 55.4 Å². The Bertz CT molecular complexity index is 1310. The molecule has 3 aromatic carbocycles. The maximum atomic E-state index is 13.4. The Labute approximate surface area is 209 Å². The predicted octanol–water partition coefficient (Wildman–Crippen LogP) is 3.87. The zero-order valence-corrected chi connectivity index (χ0v) is 20.1. The van der Waals surface area contributed by atoms with Crippen molar-refractivity contribution in [2.75, 3.05) is 27.2 Å². The summed E-state index contributed by atoms with van der Waals surface area (Å²) >= 11 is 0. The Morgan fingerprint density at radius 1 is 1.03 bits per heavy atom. The van der Waals surface area contributed by atoms with Crippen molar-refractivity contribution in [1.82, 2.24) is 15.2 Å². The zero-order valence-electron chi connectivity index (χ0n) is 20.1. The lowest BCUT2D eigenvalue weighted by Gasteiger charge is -2.37. The molecule has 7 nitrogen and oxygen atoms in total. The fourth-order valence-electron chi connectivity index (χ4n) is 4.45. The van der Waals surface area contributed by atoms with Gasteiger partial charge >= 0.3 is 0 Å². The number of Topliss-reactive ketones (excluding diaryl/α,β-unsaturated/α-hetero) is 1. The van der Waals surface area contributed by atoms with Crippen LogP contribution in [0.3, 0.4) is 0 Å². The second-order valence-corrected chi connectivity index (χ2v) is 9.16. The summed E-state index contributed by atoms with van der Waals surface area (Å²) in [7, 11) is 3.91. The first-order valence-corrected chi connectivity index (χ1v) is 11.9. The van der Waals surface area contributed by atoms with Gasteiger partial charge in [-0.15, -0.1) is 0 Å². The highest BCUT2D eigenvalue weighted by Gasteiger charge is 2.43. The van der Waals surface area contributed by atoms with Gasteiger partial charge in [0.1, 0.15) is 11.6 Å². The minimum atomic E-state index is -0.963. The molecule has 184 valence electrons. The van der Waals surface area contributed by atoms with Crippen molar-refractivity contribution in [3.05, 3.63) is 101 Å². The molecule has 2 aliphatic rings. The van der Waals surface area contributed by atoms with Gasteiger partial charge in [-0.1, -0.05) is 30.3 Å². The molecular formula is C28H27FN4O3. The van der Waals surface area contributed by atoms with Gasteiger partial charge in [-0.3, -0.25) is 9.59 Å². The third-order valence-corrected chi connectivity index (χ3v) is 6.38. The molecule has 0 aliphatic carbocycles. The molecule has 3 aromatic rings. The molecule has 0 saturated heterocycles. The van der Waals surface area contributed by atoms with Crippen molar-refractivity contribution in [3.8, 4) is 5.75 Å². The lowest BCUT2D eigenvalue weighted by atomic mass is 9.95. The van der Waals surface area contributed by atoms with Gasteiger partial charge < -0.3 is 15.0 Å². The van der Waals surface area contributed by atoms with E-state index in [9.17, 15) is 14.0 Å². The average Bonchev–Trinajstić information content (AvgIpc) is 3.34. The molecule has 2 aliphatic heterocycles. The molecule has 8 heteroatoms. The fourth-order valence-corrected chi connectivity index (χ4v) is 4.45. The molecule has 1 amide bonds. The maximum absolute atomic E-state index is 13.4. The summed E-state index contributed by atoms with van der Waals surface area (Å²) in [5, 5.41) is 9.40. The van der Waals surface area contributed by atoms with E-state index in [0.29, 0.717) is 29.8 Å². The molecule has 2 unspecified atom stereocenters. The molecule has 2 atom stereocenters. The van der Waals surface area contributed by atoms with Gasteiger partial charge in [0.15, 0.2) is 0 Å². The SMILES string of the molecule is CN(C)CCNC(=O)c1ccc(C2=NN3C(C(=O)c4ccc(F)cc4)Oc4ccccc4C3C2)cc1. The Hall–Kier alpha value is -4.04. The largest absolute Gasteiger partial charge is 0.461 e. The van der Waals surface area contributed by atoms with E-state index in [4.69, 9.17) is 9.84 Å². The number of rotatable bonds is 7. The number of nitrogens with one attached hydrogen (secondary N) is 1. The Morgan fingerprint density at radius 3 is 2.44 bits per heavy atom. The number of nitrogens with zero attached hydrogens (tertiary/aromatic N) is 3. The van der Waals surface area contributed by atoms with Crippen molar-refractivity contribution in [3.63, 3.8) is 0 Å². The summed E-state index contributed by atoms with van der Waals surface area (Å²) < 4.78 is 19.5. The van der Waals surface area contributed by atoms with E-state index in [1.165, 1.54) is 24.3 Å². The number of benzene rings is 3. The van der Waals surface area contributed by atoms with Gasteiger partial charge in [0.2, 0.25) is 5.78 Å². The molecule has 0 saturated carbocycles. The number of halogens is 1. The van der Waals surface area contributed by atoms with Gasteiger partial charge in [-0.2, -0.15) is 5.10 Å². The second kappa shape index (κ2) is 9.91. The number of carbonyl (C=O) groups excluding carboxylic acids is 2. The summed E-state index contributed by atoms with van der Waals surface area (Å²) in [6.45, 7) is 1.33. The quantitative estimate of drug-likeness (QED) is 0.514. The Morgan fingerprint density at radius 2 is 1.72 bits per heavy atom. The summed E-state index contributed by atoms with van der Waals surface area (Å²) in [4.78, 5) is 27.8. The van der Waals surface area contributed by atoms with Crippen molar-refractivity contribution >= 4 is 17.4 Å². The minimum Gasteiger partial charge on any atom is -0.461 e. The van der Waals surface area contributed by atoms with Gasteiger partial charge in [0, 0.05) is 36.2 Å². The van der Waals surface area contributed by atoms with E-state index in [-0.39, 0.29) is 17.7 Å². The molecule has 5 rings (SSSR count). The maximum Gasteiger partial charge on any atom is 0.251 e. The van der Waals surface area contributed by atoms with E-state index < -0.39 is 12.0 Å². The molecular weight excluding hydrogens is 459 g/mol. The summed E-state index contributed by atoms with van der Waals surface area (Å²) in [6, 6.07) is 20.2. The van der Waals surface area contributed by atoms with Crippen LogP contribution in [0.15, 0.2) is 77.9 Å². The summed E-state index contributed by atoms with van der Waals surface area (Å²) in [5.41, 5.74) is 3.56. The van der Waals surface area contributed by atoms with Crippen molar-refractivity contribution in [2.45, 2.75) is 18.7 Å². The molecule has 0 spiro atoms. The summed E-state index contributed by atoms with van der Waals surface area (Å²) in [5.74, 6) is -0.179. The van der Waals surface area contributed by atoms with Crippen LogP contribution in [-0.2, 0) is 0 Å². The van der Waals surface area contributed by atoms with Gasteiger partial charge in [0.25, 0.3) is 12.1 Å². The highest BCUT2D eigenvalue weighted by molar-refractivity contribution is 6.04. The number of para-hydroxylation sites is 1. The third-order valence-electron chi connectivity index (χ3n) is 6.38. The topological polar surface area (TPSA) is 74.2 Å². The van der Waals surface area contributed by atoms with Crippen LogP contribution in [0, 0.1) is 5.82 Å². The first kappa shape index (κ1) is 23.7. The number of amides is 1.